The van der Waals surface area contributed by atoms with E-state index < -0.39 is 18.3 Å². The summed E-state index contributed by atoms with van der Waals surface area (Å²) in [5.41, 5.74) is 0.924. The first-order chi connectivity index (χ1) is 14.3. The maximum atomic E-state index is 12.3. The van der Waals surface area contributed by atoms with Crippen molar-refractivity contribution in [1.29, 1.82) is 0 Å². The zero-order chi connectivity index (χ0) is 22.3. The third-order valence-electron chi connectivity index (χ3n) is 5.62. The van der Waals surface area contributed by atoms with Crippen LogP contribution >= 0.6 is 0 Å². The summed E-state index contributed by atoms with van der Waals surface area (Å²) in [5.74, 6) is 1.01. The second-order valence-corrected chi connectivity index (χ2v) is 7.55. The SMILES string of the molecule is CC[C@@H](C)[C@@H](CO)NC(=O)C[C@@H]1NC(=O)N(CCc2ccc(OC)c(OC)c2)[C@H]1O. The van der Waals surface area contributed by atoms with Crippen LogP contribution < -0.4 is 20.1 Å². The average Bonchev–Trinajstić information content (AvgIpc) is 3.01. The average molecular weight is 424 g/mol. The number of methoxy groups -OCH3 is 2. The molecule has 0 aliphatic carbocycles. The highest BCUT2D eigenvalue weighted by Crippen LogP contribution is 2.28. The number of benzene rings is 1. The van der Waals surface area contributed by atoms with Gasteiger partial charge in [-0.2, -0.15) is 0 Å². The number of hydrogen-bond acceptors (Lipinski definition) is 6. The fourth-order valence-electron chi connectivity index (χ4n) is 3.45. The highest BCUT2D eigenvalue weighted by Gasteiger charge is 2.39. The standard InChI is InChI=1S/C21H33N3O6/c1-5-13(2)16(12-25)22-19(26)11-15-20(27)24(21(28)23-15)9-8-14-6-7-17(29-3)18(10-14)30-4/h6-7,10,13,15-16,20,25,27H,5,8-9,11-12H2,1-4H3,(H,22,26)(H,23,28)/t13-,15+,16-,20+/m1/s1. The normalized spacial score (nSPS) is 20.5. The van der Waals surface area contributed by atoms with Gasteiger partial charge in [0.25, 0.3) is 0 Å². The second kappa shape index (κ2) is 11.0. The molecule has 9 nitrogen and oxygen atoms in total. The van der Waals surface area contributed by atoms with Gasteiger partial charge in [0.05, 0.1) is 39.3 Å². The first-order valence-electron chi connectivity index (χ1n) is 10.2. The van der Waals surface area contributed by atoms with Crippen molar-refractivity contribution in [3.05, 3.63) is 23.8 Å². The van der Waals surface area contributed by atoms with Gasteiger partial charge < -0.3 is 30.3 Å². The molecule has 0 aromatic heterocycles. The monoisotopic (exact) mass is 423 g/mol. The van der Waals surface area contributed by atoms with Gasteiger partial charge >= 0.3 is 6.03 Å². The van der Waals surface area contributed by atoms with Crippen molar-refractivity contribution in [2.45, 2.75) is 51.4 Å². The topological polar surface area (TPSA) is 120 Å². The van der Waals surface area contributed by atoms with E-state index in [1.54, 1.807) is 20.3 Å². The number of nitrogens with zero attached hydrogens (tertiary/aromatic N) is 1. The first-order valence-corrected chi connectivity index (χ1v) is 10.2. The van der Waals surface area contributed by atoms with E-state index in [9.17, 15) is 19.8 Å². The summed E-state index contributed by atoms with van der Waals surface area (Å²) in [4.78, 5) is 25.9. The summed E-state index contributed by atoms with van der Waals surface area (Å²) in [5, 5.41) is 25.5. The maximum Gasteiger partial charge on any atom is 0.319 e. The van der Waals surface area contributed by atoms with Crippen molar-refractivity contribution in [3.8, 4) is 11.5 Å². The van der Waals surface area contributed by atoms with Crippen LogP contribution in [0.15, 0.2) is 18.2 Å². The number of carbonyl (C=O) groups excluding carboxylic acids is 2. The van der Waals surface area contributed by atoms with Crippen molar-refractivity contribution >= 4 is 11.9 Å². The Bertz CT molecular complexity index is 729. The van der Waals surface area contributed by atoms with Crippen molar-refractivity contribution < 1.29 is 29.3 Å². The molecule has 1 aliphatic rings. The fourth-order valence-corrected chi connectivity index (χ4v) is 3.45. The van der Waals surface area contributed by atoms with Gasteiger partial charge in [-0.1, -0.05) is 26.3 Å². The molecular weight excluding hydrogens is 390 g/mol. The lowest BCUT2D eigenvalue weighted by atomic mass is 9.99. The largest absolute Gasteiger partial charge is 0.493 e. The molecule has 4 N–H and O–H groups in total. The van der Waals surface area contributed by atoms with Gasteiger partial charge in [-0.3, -0.25) is 9.69 Å². The number of amides is 3. The molecule has 0 unspecified atom stereocenters. The molecule has 4 atom stereocenters. The Morgan fingerprint density at radius 3 is 2.60 bits per heavy atom. The maximum absolute atomic E-state index is 12.3. The Kier molecular flexibility index (Phi) is 8.73. The minimum atomic E-state index is -1.11. The van der Waals surface area contributed by atoms with Crippen LogP contribution in [0.5, 0.6) is 11.5 Å². The number of carbonyl (C=O) groups is 2. The molecule has 2 rings (SSSR count). The van der Waals surface area contributed by atoms with E-state index in [1.807, 2.05) is 26.0 Å². The van der Waals surface area contributed by atoms with Crippen molar-refractivity contribution in [2.24, 2.45) is 5.92 Å². The molecule has 1 aliphatic heterocycles. The molecule has 1 fully saturated rings. The molecule has 0 bridgehead atoms. The summed E-state index contributed by atoms with van der Waals surface area (Å²) >= 11 is 0. The molecule has 0 spiro atoms. The van der Waals surface area contributed by atoms with Gasteiger partial charge in [-0.15, -0.1) is 0 Å². The van der Waals surface area contributed by atoms with Crippen LogP contribution in [0.25, 0.3) is 0 Å². The zero-order valence-corrected chi connectivity index (χ0v) is 18.1. The first kappa shape index (κ1) is 23.8. The minimum absolute atomic E-state index is 0.0628. The van der Waals surface area contributed by atoms with Gasteiger partial charge in [-0.25, -0.2) is 4.79 Å². The predicted molar refractivity (Wildman–Crippen MR) is 111 cm³/mol. The van der Waals surface area contributed by atoms with Crippen LogP contribution in [0.1, 0.15) is 32.3 Å². The Labute approximate surface area is 177 Å². The molecule has 3 amide bonds. The van der Waals surface area contributed by atoms with Gasteiger partial charge in [0.2, 0.25) is 5.91 Å². The van der Waals surface area contributed by atoms with E-state index in [1.165, 1.54) is 4.90 Å². The van der Waals surface area contributed by atoms with Crippen LogP contribution in [0.3, 0.4) is 0 Å². The third kappa shape index (κ3) is 5.76. The van der Waals surface area contributed by atoms with Crippen LogP contribution in [-0.2, 0) is 11.2 Å². The lowest BCUT2D eigenvalue weighted by Gasteiger charge is -2.24. The van der Waals surface area contributed by atoms with E-state index in [4.69, 9.17) is 9.47 Å². The van der Waals surface area contributed by atoms with E-state index in [0.29, 0.717) is 17.9 Å². The van der Waals surface area contributed by atoms with Gasteiger partial charge in [0.1, 0.15) is 0 Å². The molecule has 1 saturated heterocycles. The van der Waals surface area contributed by atoms with Crippen LogP contribution in [0.4, 0.5) is 4.79 Å². The van der Waals surface area contributed by atoms with Gasteiger partial charge in [0, 0.05) is 6.54 Å². The van der Waals surface area contributed by atoms with Crippen LogP contribution in [-0.4, -0.2) is 72.7 Å². The van der Waals surface area contributed by atoms with E-state index >= 15 is 0 Å². The molecule has 1 heterocycles. The number of rotatable bonds is 11. The lowest BCUT2D eigenvalue weighted by Crippen LogP contribution is -2.45. The molecule has 30 heavy (non-hydrogen) atoms. The predicted octanol–water partition coefficient (Wildman–Crippen LogP) is 0.872. The van der Waals surface area contributed by atoms with E-state index in [0.717, 1.165) is 12.0 Å². The molecule has 1 aromatic rings. The summed E-state index contributed by atoms with van der Waals surface area (Å²) in [6.07, 6.45) is 0.148. The van der Waals surface area contributed by atoms with Crippen LogP contribution in [0.2, 0.25) is 0 Å². The van der Waals surface area contributed by atoms with E-state index in [2.05, 4.69) is 10.6 Å². The van der Waals surface area contributed by atoms with Crippen LogP contribution in [0, 0.1) is 5.92 Å². The summed E-state index contributed by atoms with van der Waals surface area (Å²) < 4.78 is 10.5. The van der Waals surface area contributed by atoms with Crippen molar-refractivity contribution in [2.75, 3.05) is 27.4 Å². The molecular formula is C21H33N3O6. The Morgan fingerprint density at radius 1 is 1.30 bits per heavy atom. The smallest absolute Gasteiger partial charge is 0.319 e. The minimum Gasteiger partial charge on any atom is -0.493 e. The molecule has 168 valence electrons. The van der Waals surface area contributed by atoms with Gasteiger partial charge in [-0.05, 0) is 30.0 Å². The summed E-state index contributed by atoms with van der Waals surface area (Å²) in [7, 11) is 3.11. The number of ether oxygens (including phenoxy) is 2. The van der Waals surface area contributed by atoms with Crippen molar-refractivity contribution in [3.63, 3.8) is 0 Å². The highest BCUT2D eigenvalue weighted by molar-refractivity contribution is 5.81. The molecule has 9 heteroatoms. The molecule has 0 radical (unpaired) electrons. The molecule has 0 saturated carbocycles. The Hall–Kier alpha value is -2.52. The van der Waals surface area contributed by atoms with Crippen molar-refractivity contribution in [1.82, 2.24) is 15.5 Å². The molecule has 1 aromatic carbocycles. The lowest BCUT2D eigenvalue weighted by molar-refractivity contribution is -0.123. The fraction of sp³-hybridized carbons (Fsp3) is 0.619. The number of urea groups is 1. The zero-order valence-electron chi connectivity index (χ0n) is 18.1. The summed E-state index contributed by atoms with van der Waals surface area (Å²) in [6, 6.07) is 4.01. The second-order valence-electron chi connectivity index (χ2n) is 7.55. The number of hydrogen-bond donors (Lipinski definition) is 4. The third-order valence-corrected chi connectivity index (χ3v) is 5.62. The summed E-state index contributed by atoms with van der Waals surface area (Å²) in [6.45, 7) is 4.06. The Balaban J connectivity index is 1.93. The number of nitrogens with one attached hydrogen (secondary N) is 2. The highest BCUT2D eigenvalue weighted by atomic mass is 16.5. The Morgan fingerprint density at radius 2 is 2.00 bits per heavy atom. The number of aliphatic hydroxyl groups excluding tert-OH is 2. The van der Waals surface area contributed by atoms with Gasteiger partial charge in [0.15, 0.2) is 17.7 Å². The number of aliphatic hydroxyl groups is 2. The van der Waals surface area contributed by atoms with E-state index in [-0.39, 0.29) is 37.4 Å². The quantitative estimate of drug-likeness (QED) is 0.419.